The molecule has 0 aromatic heterocycles. The summed E-state index contributed by atoms with van der Waals surface area (Å²) in [6, 6.07) is 12.0. The average molecular weight is 463 g/mol. The maximum Gasteiger partial charge on any atom is 0.240 e. The van der Waals surface area contributed by atoms with Crippen LogP contribution < -0.4 is 14.8 Å². The topological polar surface area (TPSA) is 84.5 Å². The van der Waals surface area contributed by atoms with E-state index in [0.29, 0.717) is 31.4 Å². The van der Waals surface area contributed by atoms with E-state index in [-0.39, 0.29) is 40.7 Å². The maximum absolute atomic E-state index is 13.1. The van der Waals surface area contributed by atoms with Gasteiger partial charge in [-0.25, -0.2) is 17.5 Å². The Kier molecular flexibility index (Phi) is 7.90. The van der Waals surface area contributed by atoms with Gasteiger partial charge in [-0.2, -0.15) is 0 Å². The first-order valence-electron chi connectivity index (χ1n) is 11.0. The Morgan fingerprint density at radius 3 is 2.12 bits per heavy atom. The van der Waals surface area contributed by atoms with Gasteiger partial charge in [0, 0.05) is 12.0 Å². The van der Waals surface area contributed by atoms with Gasteiger partial charge >= 0.3 is 0 Å². The first kappa shape index (κ1) is 24.2. The van der Waals surface area contributed by atoms with Crippen LogP contribution >= 0.6 is 0 Å². The number of benzene rings is 2. The first-order valence-corrected chi connectivity index (χ1v) is 12.5. The Hall–Kier alpha value is -2.45. The van der Waals surface area contributed by atoms with Gasteiger partial charge in [0.15, 0.2) is 0 Å². The molecule has 8 heteroatoms. The van der Waals surface area contributed by atoms with Crippen molar-refractivity contribution in [3.05, 3.63) is 59.9 Å². The number of rotatable bonds is 8. The molecule has 0 heterocycles. The van der Waals surface area contributed by atoms with Gasteiger partial charge in [0.05, 0.1) is 17.0 Å². The molecule has 2 N–H and O–H groups in total. The van der Waals surface area contributed by atoms with Crippen LogP contribution in [0.1, 0.15) is 58.1 Å². The van der Waals surface area contributed by atoms with Crippen LogP contribution in [0.25, 0.3) is 0 Å². The largest absolute Gasteiger partial charge is 0.491 e. The van der Waals surface area contributed by atoms with Crippen molar-refractivity contribution >= 4 is 15.9 Å². The number of halogens is 1. The molecular weight excluding hydrogens is 431 g/mol. The summed E-state index contributed by atoms with van der Waals surface area (Å²) in [6.45, 7) is 5.68. The van der Waals surface area contributed by atoms with Crippen LogP contribution in [-0.4, -0.2) is 26.5 Å². The summed E-state index contributed by atoms with van der Waals surface area (Å²) >= 11 is 0. The SMILES string of the molecule is CC(C)Oc1ccc(S(=O)(=O)N[C@H]2CC[C@H](C(=O)N[C@H](C)c3ccc(F)cc3)CC2)cc1. The molecule has 0 saturated heterocycles. The van der Waals surface area contributed by atoms with Crippen molar-refractivity contribution in [1.82, 2.24) is 10.0 Å². The highest BCUT2D eigenvalue weighted by Crippen LogP contribution is 2.27. The summed E-state index contributed by atoms with van der Waals surface area (Å²) in [5.41, 5.74) is 0.839. The predicted molar refractivity (Wildman–Crippen MR) is 121 cm³/mol. The van der Waals surface area contributed by atoms with E-state index >= 15 is 0 Å². The molecule has 2 aromatic rings. The Bertz CT molecular complexity index is 999. The Morgan fingerprint density at radius 1 is 0.969 bits per heavy atom. The van der Waals surface area contributed by atoms with Gasteiger partial charge < -0.3 is 10.1 Å². The quantitative estimate of drug-likeness (QED) is 0.612. The minimum atomic E-state index is -3.64. The van der Waals surface area contributed by atoms with Crippen molar-refractivity contribution in [3.63, 3.8) is 0 Å². The van der Waals surface area contributed by atoms with E-state index in [1.165, 1.54) is 24.3 Å². The number of sulfonamides is 1. The van der Waals surface area contributed by atoms with E-state index in [2.05, 4.69) is 10.0 Å². The summed E-state index contributed by atoms with van der Waals surface area (Å²) in [5, 5.41) is 2.98. The summed E-state index contributed by atoms with van der Waals surface area (Å²) in [7, 11) is -3.64. The molecule has 1 fully saturated rings. The van der Waals surface area contributed by atoms with Gasteiger partial charge in [-0.15, -0.1) is 0 Å². The van der Waals surface area contributed by atoms with Crippen LogP contribution in [0, 0.1) is 11.7 Å². The molecule has 3 rings (SSSR count). The highest BCUT2D eigenvalue weighted by atomic mass is 32.2. The van der Waals surface area contributed by atoms with E-state index in [9.17, 15) is 17.6 Å². The number of ether oxygens (including phenoxy) is 1. The van der Waals surface area contributed by atoms with Crippen LogP contribution in [0.3, 0.4) is 0 Å². The lowest BCUT2D eigenvalue weighted by molar-refractivity contribution is -0.126. The third kappa shape index (κ3) is 6.53. The van der Waals surface area contributed by atoms with Crippen molar-refractivity contribution in [2.45, 2.75) is 69.5 Å². The molecule has 1 aliphatic carbocycles. The summed E-state index contributed by atoms with van der Waals surface area (Å²) in [5.74, 6) is 0.100. The lowest BCUT2D eigenvalue weighted by Crippen LogP contribution is -2.41. The van der Waals surface area contributed by atoms with Gasteiger partial charge in [-0.1, -0.05) is 12.1 Å². The molecule has 0 unspecified atom stereocenters. The van der Waals surface area contributed by atoms with E-state index < -0.39 is 10.0 Å². The Morgan fingerprint density at radius 2 is 1.56 bits per heavy atom. The summed E-state index contributed by atoms with van der Waals surface area (Å²) in [6.07, 6.45) is 2.42. The van der Waals surface area contributed by atoms with Crippen LogP contribution in [0.4, 0.5) is 4.39 Å². The molecule has 0 radical (unpaired) electrons. The van der Waals surface area contributed by atoms with Crippen LogP contribution in [-0.2, 0) is 14.8 Å². The molecule has 0 aliphatic heterocycles. The van der Waals surface area contributed by atoms with E-state index in [1.54, 1.807) is 24.3 Å². The van der Waals surface area contributed by atoms with Crippen LogP contribution in [0.15, 0.2) is 53.4 Å². The van der Waals surface area contributed by atoms with Crippen molar-refractivity contribution in [1.29, 1.82) is 0 Å². The van der Waals surface area contributed by atoms with Crippen LogP contribution in [0.2, 0.25) is 0 Å². The fraction of sp³-hybridized carbons (Fsp3) is 0.458. The number of nitrogens with one attached hydrogen (secondary N) is 2. The number of amides is 1. The first-order chi connectivity index (χ1) is 15.1. The molecular formula is C24H31FN2O4S. The van der Waals surface area contributed by atoms with Gasteiger partial charge in [0.25, 0.3) is 0 Å². The van der Waals surface area contributed by atoms with Crippen molar-refractivity contribution < 1.29 is 22.3 Å². The molecule has 1 aliphatic rings. The fourth-order valence-corrected chi connectivity index (χ4v) is 5.20. The molecule has 6 nitrogen and oxygen atoms in total. The zero-order valence-electron chi connectivity index (χ0n) is 18.7. The number of hydrogen-bond donors (Lipinski definition) is 2. The predicted octanol–water partition coefficient (Wildman–Crippen LogP) is 4.33. The average Bonchev–Trinajstić information content (AvgIpc) is 2.74. The lowest BCUT2D eigenvalue weighted by atomic mass is 9.85. The monoisotopic (exact) mass is 462 g/mol. The Balaban J connectivity index is 1.50. The number of carbonyl (C=O) groups excluding carboxylic acids is 1. The third-order valence-electron chi connectivity index (χ3n) is 5.65. The molecule has 0 bridgehead atoms. The normalized spacial score (nSPS) is 20.0. The molecule has 174 valence electrons. The highest BCUT2D eigenvalue weighted by molar-refractivity contribution is 7.89. The van der Waals surface area contributed by atoms with Gasteiger partial charge in [-0.3, -0.25) is 4.79 Å². The second-order valence-electron chi connectivity index (χ2n) is 8.59. The van der Waals surface area contributed by atoms with E-state index in [1.807, 2.05) is 20.8 Å². The second kappa shape index (κ2) is 10.4. The van der Waals surface area contributed by atoms with Crippen molar-refractivity contribution in [2.75, 3.05) is 0 Å². The smallest absolute Gasteiger partial charge is 0.240 e. The molecule has 2 aromatic carbocycles. The summed E-state index contributed by atoms with van der Waals surface area (Å²) in [4.78, 5) is 12.8. The zero-order valence-corrected chi connectivity index (χ0v) is 19.5. The second-order valence-corrected chi connectivity index (χ2v) is 10.3. The zero-order chi connectivity index (χ0) is 23.3. The highest BCUT2D eigenvalue weighted by Gasteiger charge is 2.29. The lowest BCUT2D eigenvalue weighted by Gasteiger charge is -2.29. The standard InChI is InChI=1S/C24H31FN2O4S/c1-16(2)31-22-12-14-23(15-13-22)32(29,30)27-21-10-6-19(7-11-21)24(28)26-17(3)18-4-8-20(25)9-5-18/h4-5,8-9,12-17,19,21,27H,6-7,10-11H2,1-3H3,(H,26,28)/t17-,19-,21-/m1/s1. The fourth-order valence-electron chi connectivity index (χ4n) is 3.90. The number of hydrogen-bond acceptors (Lipinski definition) is 4. The minimum Gasteiger partial charge on any atom is -0.491 e. The molecule has 1 saturated carbocycles. The van der Waals surface area contributed by atoms with Gasteiger partial charge in [0.1, 0.15) is 11.6 Å². The Labute approximate surface area is 189 Å². The van der Waals surface area contributed by atoms with Gasteiger partial charge in [-0.05, 0) is 88.4 Å². The maximum atomic E-state index is 13.1. The van der Waals surface area contributed by atoms with E-state index in [4.69, 9.17) is 4.74 Å². The van der Waals surface area contributed by atoms with Crippen molar-refractivity contribution in [3.8, 4) is 5.75 Å². The molecule has 32 heavy (non-hydrogen) atoms. The van der Waals surface area contributed by atoms with Crippen LogP contribution in [0.5, 0.6) is 5.75 Å². The minimum absolute atomic E-state index is 0.0154. The molecule has 1 amide bonds. The molecule has 0 spiro atoms. The number of carbonyl (C=O) groups is 1. The van der Waals surface area contributed by atoms with Crippen molar-refractivity contribution in [2.24, 2.45) is 5.92 Å². The molecule has 1 atom stereocenters. The van der Waals surface area contributed by atoms with Gasteiger partial charge in [0.2, 0.25) is 15.9 Å². The third-order valence-corrected chi connectivity index (χ3v) is 7.19. The summed E-state index contributed by atoms with van der Waals surface area (Å²) < 4.78 is 46.8. The van der Waals surface area contributed by atoms with E-state index in [0.717, 1.165) is 5.56 Å².